The van der Waals surface area contributed by atoms with Crippen LogP contribution >= 0.6 is 0 Å². The Labute approximate surface area is 163 Å². The minimum absolute atomic E-state index is 0.0515. The first kappa shape index (κ1) is 19.3. The zero-order valence-electron chi connectivity index (χ0n) is 16.1. The molecule has 0 heterocycles. The van der Waals surface area contributed by atoms with Crippen LogP contribution in [0.15, 0.2) is 78.9 Å². The van der Waals surface area contributed by atoms with E-state index in [1.54, 1.807) is 0 Å². The molecule has 3 aromatic carbocycles. The van der Waals surface area contributed by atoms with Crippen LogP contribution < -0.4 is 10.4 Å². The van der Waals surface area contributed by atoms with E-state index in [0.29, 0.717) is 12.2 Å². The number of hydrogen-bond donors (Lipinski definition) is 0. The predicted molar refractivity (Wildman–Crippen MR) is 113 cm³/mol. The molecule has 2 nitrogen and oxygen atoms in total. The fourth-order valence-corrected chi connectivity index (χ4v) is 5.18. The van der Waals surface area contributed by atoms with Gasteiger partial charge in [0.25, 0.3) is 9.04 Å². The molecule has 0 aliphatic carbocycles. The van der Waals surface area contributed by atoms with Gasteiger partial charge in [-0.3, -0.25) is 4.79 Å². The van der Waals surface area contributed by atoms with Crippen molar-refractivity contribution in [2.75, 3.05) is 0 Å². The Balaban J connectivity index is 1.97. The molecule has 0 aliphatic heterocycles. The number of carbonyl (C=O) groups is 1. The predicted octanol–water partition coefficient (Wildman–Crippen LogP) is 4.12. The average Bonchev–Trinajstić information content (AvgIpc) is 2.69. The second-order valence-corrected chi connectivity index (χ2v) is 9.69. The fraction of sp³-hybridized carbons (Fsp3) is 0.208. The molecule has 3 aromatic rings. The van der Waals surface area contributed by atoms with Crippen molar-refractivity contribution in [3.8, 4) is 0 Å². The van der Waals surface area contributed by atoms with Crippen molar-refractivity contribution in [3.05, 3.63) is 95.6 Å². The molecule has 0 aliphatic rings. The van der Waals surface area contributed by atoms with Crippen LogP contribution in [-0.4, -0.2) is 15.3 Å². The molecule has 0 atom stereocenters. The molecule has 3 heteroatoms. The summed E-state index contributed by atoms with van der Waals surface area (Å²) in [6, 6.07) is 26.7. The summed E-state index contributed by atoms with van der Waals surface area (Å²) in [6.45, 7) is 6.93. The molecule has 0 spiro atoms. The Morgan fingerprint density at radius 3 is 1.85 bits per heavy atom. The van der Waals surface area contributed by atoms with Gasteiger partial charge in [-0.2, -0.15) is 0 Å². The van der Waals surface area contributed by atoms with Crippen LogP contribution in [0.2, 0.25) is 0 Å². The quantitative estimate of drug-likeness (QED) is 0.480. The zero-order chi connectivity index (χ0) is 19.3. The summed E-state index contributed by atoms with van der Waals surface area (Å²) in [7, 11) is -1.40. The van der Waals surface area contributed by atoms with E-state index in [2.05, 4.69) is 51.1 Å². The van der Waals surface area contributed by atoms with Gasteiger partial charge < -0.3 is 4.43 Å². The molecule has 27 heavy (non-hydrogen) atoms. The summed E-state index contributed by atoms with van der Waals surface area (Å²) in [5.41, 5.74) is 2.82. The third-order valence-electron chi connectivity index (χ3n) is 4.58. The topological polar surface area (TPSA) is 26.3 Å². The summed E-state index contributed by atoms with van der Waals surface area (Å²) < 4.78 is 6.52. The van der Waals surface area contributed by atoms with E-state index >= 15 is 0 Å². The Morgan fingerprint density at radius 1 is 0.815 bits per heavy atom. The highest BCUT2D eigenvalue weighted by Gasteiger charge is 2.23. The van der Waals surface area contributed by atoms with Gasteiger partial charge in [-0.05, 0) is 26.9 Å². The van der Waals surface area contributed by atoms with Crippen molar-refractivity contribution < 1.29 is 9.22 Å². The minimum Gasteiger partial charge on any atom is -0.403 e. The Kier molecular flexibility index (Phi) is 6.04. The maximum absolute atomic E-state index is 11.6. The van der Waals surface area contributed by atoms with E-state index in [1.807, 2.05) is 48.5 Å². The lowest BCUT2D eigenvalue weighted by molar-refractivity contribution is 0.112. The summed E-state index contributed by atoms with van der Waals surface area (Å²) in [5.74, 6) is 0. The highest BCUT2D eigenvalue weighted by Crippen LogP contribution is 2.28. The largest absolute Gasteiger partial charge is 0.403 e. The van der Waals surface area contributed by atoms with Crippen LogP contribution in [-0.2, 0) is 16.4 Å². The van der Waals surface area contributed by atoms with Gasteiger partial charge in [-0.15, -0.1) is 0 Å². The van der Waals surface area contributed by atoms with Gasteiger partial charge in [0.1, 0.15) is 6.29 Å². The van der Waals surface area contributed by atoms with Crippen LogP contribution in [0.25, 0.3) is 0 Å². The highest BCUT2D eigenvalue weighted by molar-refractivity contribution is 6.80. The standard InChI is InChI=1S/C24H25O2Si/c1-24(2,3)23-16-10-11-19(17-25)22(23)18-26-27(20-12-6-4-7-13-20)21-14-8-5-9-15-21/h4-17H,18H2,1-3H3. The molecule has 0 fully saturated rings. The normalized spacial score (nSPS) is 11.6. The van der Waals surface area contributed by atoms with E-state index < -0.39 is 9.04 Å². The number of hydrogen-bond acceptors (Lipinski definition) is 2. The summed E-state index contributed by atoms with van der Waals surface area (Å²) in [5, 5.41) is 2.41. The van der Waals surface area contributed by atoms with Crippen LogP contribution in [0.1, 0.15) is 42.3 Å². The highest BCUT2D eigenvalue weighted by atomic mass is 28.3. The van der Waals surface area contributed by atoms with Crippen molar-refractivity contribution in [2.45, 2.75) is 32.8 Å². The molecule has 0 aromatic heterocycles. The maximum atomic E-state index is 11.6. The Bertz CT molecular complexity index is 844. The van der Waals surface area contributed by atoms with Crippen LogP contribution in [0, 0.1) is 0 Å². The van der Waals surface area contributed by atoms with E-state index in [1.165, 1.54) is 10.4 Å². The Morgan fingerprint density at radius 2 is 1.37 bits per heavy atom. The first-order valence-electron chi connectivity index (χ1n) is 9.19. The van der Waals surface area contributed by atoms with Gasteiger partial charge in [0.05, 0.1) is 6.61 Å². The lowest BCUT2D eigenvalue weighted by atomic mass is 9.82. The van der Waals surface area contributed by atoms with Crippen molar-refractivity contribution in [3.63, 3.8) is 0 Å². The molecule has 137 valence electrons. The van der Waals surface area contributed by atoms with Crippen molar-refractivity contribution in [1.82, 2.24) is 0 Å². The second-order valence-electron chi connectivity index (χ2n) is 7.59. The SMILES string of the molecule is CC(C)(C)c1cccc(C=O)c1CO[Si](c1ccccc1)c1ccccc1. The molecular weight excluding hydrogens is 348 g/mol. The molecule has 0 N–H and O–H groups in total. The van der Waals surface area contributed by atoms with Crippen molar-refractivity contribution in [1.29, 1.82) is 0 Å². The van der Waals surface area contributed by atoms with Gasteiger partial charge in [-0.1, -0.05) is 99.6 Å². The first-order chi connectivity index (χ1) is 13.0. The smallest absolute Gasteiger partial charge is 0.283 e. The number of carbonyl (C=O) groups excluding carboxylic acids is 1. The third kappa shape index (κ3) is 4.62. The summed E-state index contributed by atoms with van der Waals surface area (Å²) in [6.07, 6.45) is 0.936. The molecule has 1 radical (unpaired) electrons. The van der Waals surface area contributed by atoms with E-state index in [0.717, 1.165) is 17.4 Å². The molecule has 0 saturated carbocycles. The van der Waals surface area contributed by atoms with Gasteiger partial charge in [0.2, 0.25) is 0 Å². The monoisotopic (exact) mass is 373 g/mol. The molecule has 0 saturated heterocycles. The maximum Gasteiger partial charge on any atom is 0.283 e. The minimum atomic E-state index is -1.40. The second kappa shape index (κ2) is 8.46. The first-order valence-corrected chi connectivity index (χ1v) is 10.6. The molecular formula is C24H25O2Si. The Hall–Kier alpha value is -2.49. The molecule has 3 rings (SSSR count). The van der Waals surface area contributed by atoms with E-state index in [4.69, 9.17) is 4.43 Å². The van der Waals surface area contributed by atoms with E-state index in [9.17, 15) is 4.79 Å². The average molecular weight is 374 g/mol. The van der Waals surface area contributed by atoms with E-state index in [-0.39, 0.29) is 5.41 Å². The van der Waals surface area contributed by atoms with Gasteiger partial charge in [0.15, 0.2) is 0 Å². The van der Waals surface area contributed by atoms with Gasteiger partial charge >= 0.3 is 0 Å². The third-order valence-corrected chi connectivity index (χ3v) is 6.73. The fourth-order valence-electron chi connectivity index (χ4n) is 3.24. The lowest BCUT2D eigenvalue weighted by Gasteiger charge is -2.25. The van der Waals surface area contributed by atoms with Crippen LogP contribution in [0.5, 0.6) is 0 Å². The number of aldehydes is 1. The lowest BCUT2D eigenvalue weighted by Crippen LogP contribution is -2.44. The van der Waals surface area contributed by atoms with Crippen molar-refractivity contribution in [2.24, 2.45) is 0 Å². The summed E-state index contributed by atoms with van der Waals surface area (Å²) in [4.78, 5) is 11.6. The molecule has 0 unspecified atom stereocenters. The summed E-state index contributed by atoms with van der Waals surface area (Å²) >= 11 is 0. The number of rotatable bonds is 6. The number of benzene rings is 3. The van der Waals surface area contributed by atoms with Crippen LogP contribution in [0.3, 0.4) is 0 Å². The van der Waals surface area contributed by atoms with Gasteiger partial charge in [-0.25, -0.2) is 0 Å². The zero-order valence-corrected chi connectivity index (χ0v) is 17.1. The van der Waals surface area contributed by atoms with Crippen molar-refractivity contribution >= 4 is 25.7 Å². The molecule has 0 amide bonds. The molecule has 0 bridgehead atoms. The van der Waals surface area contributed by atoms with Crippen LogP contribution in [0.4, 0.5) is 0 Å². The van der Waals surface area contributed by atoms with Gasteiger partial charge in [0, 0.05) is 5.56 Å².